The molecule has 1 aliphatic rings. The third kappa shape index (κ3) is 3.77. The number of hydrogen-bond acceptors (Lipinski definition) is 1. The third-order valence-corrected chi connectivity index (χ3v) is 2.71. The Labute approximate surface area is 81.1 Å². The first kappa shape index (κ1) is 10.3. The molecule has 0 bridgehead atoms. The number of halogens is 1. The SMILES string of the molecule is CCCCN(CCCCl)C1CC1. The van der Waals surface area contributed by atoms with Crippen LogP contribution in [0.2, 0.25) is 0 Å². The molecule has 0 radical (unpaired) electrons. The van der Waals surface area contributed by atoms with E-state index in [0.29, 0.717) is 0 Å². The van der Waals surface area contributed by atoms with Crippen LogP contribution in [-0.4, -0.2) is 29.9 Å². The molecule has 12 heavy (non-hydrogen) atoms. The molecular weight excluding hydrogens is 170 g/mol. The van der Waals surface area contributed by atoms with E-state index in [1.165, 1.54) is 38.8 Å². The minimum Gasteiger partial charge on any atom is -0.300 e. The lowest BCUT2D eigenvalue weighted by Gasteiger charge is -2.20. The molecule has 72 valence electrons. The van der Waals surface area contributed by atoms with Crippen LogP contribution >= 0.6 is 11.6 Å². The monoisotopic (exact) mass is 189 g/mol. The molecule has 1 nitrogen and oxygen atoms in total. The fraction of sp³-hybridized carbons (Fsp3) is 1.00. The van der Waals surface area contributed by atoms with Crippen LogP contribution in [0.25, 0.3) is 0 Å². The highest BCUT2D eigenvalue weighted by Gasteiger charge is 2.27. The van der Waals surface area contributed by atoms with Crippen molar-refractivity contribution < 1.29 is 0 Å². The molecule has 0 heterocycles. The van der Waals surface area contributed by atoms with E-state index in [1.807, 2.05) is 0 Å². The molecule has 1 fully saturated rings. The van der Waals surface area contributed by atoms with Crippen LogP contribution in [-0.2, 0) is 0 Å². The van der Waals surface area contributed by atoms with Gasteiger partial charge in [-0.3, -0.25) is 0 Å². The van der Waals surface area contributed by atoms with Crippen LogP contribution in [0.5, 0.6) is 0 Å². The molecule has 0 spiro atoms. The lowest BCUT2D eigenvalue weighted by Crippen LogP contribution is -2.28. The van der Waals surface area contributed by atoms with Crippen molar-refractivity contribution in [2.45, 2.75) is 45.1 Å². The van der Waals surface area contributed by atoms with Gasteiger partial charge in [0.25, 0.3) is 0 Å². The van der Waals surface area contributed by atoms with Gasteiger partial charge in [-0.25, -0.2) is 0 Å². The molecule has 0 unspecified atom stereocenters. The summed E-state index contributed by atoms with van der Waals surface area (Å²) in [7, 11) is 0. The molecule has 0 amide bonds. The molecule has 1 aliphatic carbocycles. The summed E-state index contributed by atoms with van der Waals surface area (Å²) >= 11 is 5.68. The second-order valence-corrected chi connectivity index (χ2v) is 4.04. The van der Waals surface area contributed by atoms with E-state index >= 15 is 0 Å². The molecule has 0 aromatic carbocycles. The quantitative estimate of drug-likeness (QED) is 0.557. The highest BCUT2D eigenvalue weighted by atomic mass is 35.5. The van der Waals surface area contributed by atoms with Gasteiger partial charge in [-0.05, 0) is 38.8 Å². The molecule has 0 atom stereocenters. The van der Waals surface area contributed by atoms with Crippen LogP contribution in [0.3, 0.4) is 0 Å². The zero-order valence-electron chi connectivity index (χ0n) is 8.06. The number of nitrogens with zero attached hydrogens (tertiary/aromatic N) is 1. The lowest BCUT2D eigenvalue weighted by atomic mass is 10.3. The zero-order valence-corrected chi connectivity index (χ0v) is 8.82. The van der Waals surface area contributed by atoms with Gasteiger partial charge in [0.2, 0.25) is 0 Å². The molecule has 1 rings (SSSR count). The Kier molecular flexibility index (Phi) is 5.01. The maximum Gasteiger partial charge on any atom is 0.0235 e. The van der Waals surface area contributed by atoms with E-state index in [0.717, 1.165) is 18.3 Å². The number of alkyl halides is 1. The molecule has 0 aromatic rings. The average molecular weight is 190 g/mol. The normalized spacial score (nSPS) is 17.2. The van der Waals surface area contributed by atoms with Gasteiger partial charge in [-0.2, -0.15) is 0 Å². The van der Waals surface area contributed by atoms with E-state index in [4.69, 9.17) is 11.6 Å². The summed E-state index contributed by atoms with van der Waals surface area (Å²) in [5, 5.41) is 0. The largest absolute Gasteiger partial charge is 0.300 e. The van der Waals surface area contributed by atoms with Crippen molar-refractivity contribution in [2.24, 2.45) is 0 Å². The second-order valence-electron chi connectivity index (χ2n) is 3.66. The standard InChI is InChI=1S/C10H20ClN/c1-2-3-8-12(9-4-7-11)10-5-6-10/h10H,2-9H2,1H3. The van der Waals surface area contributed by atoms with Gasteiger partial charge < -0.3 is 4.90 Å². The Morgan fingerprint density at radius 3 is 2.42 bits per heavy atom. The minimum absolute atomic E-state index is 0.815. The van der Waals surface area contributed by atoms with Gasteiger partial charge in [-0.15, -0.1) is 11.6 Å². The number of hydrogen-bond donors (Lipinski definition) is 0. The summed E-state index contributed by atoms with van der Waals surface area (Å²) in [6.45, 7) is 4.76. The van der Waals surface area contributed by atoms with Gasteiger partial charge in [0.1, 0.15) is 0 Å². The predicted octanol–water partition coefficient (Wildman–Crippen LogP) is 2.88. The topological polar surface area (TPSA) is 3.24 Å². The highest BCUT2D eigenvalue weighted by molar-refractivity contribution is 6.17. The fourth-order valence-electron chi connectivity index (χ4n) is 1.54. The van der Waals surface area contributed by atoms with Gasteiger partial charge in [0.15, 0.2) is 0 Å². The Morgan fingerprint density at radius 1 is 1.25 bits per heavy atom. The zero-order chi connectivity index (χ0) is 8.81. The van der Waals surface area contributed by atoms with Gasteiger partial charge in [0.05, 0.1) is 0 Å². The second kappa shape index (κ2) is 5.82. The van der Waals surface area contributed by atoms with Crippen molar-refractivity contribution in [2.75, 3.05) is 19.0 Å². The predicted molar refractivity (Wildman–Crippen MR) is 54.8 cm³/mol. The van der Waals surface area contributed by atoms with E-state index in [2.05, 4.69) is 11.8 Å². The third-order valence-electron chi connectivity index (χ3n) is 2.44. The van der Waals surface area contributed by atoms with Crippen LogP contribution in [0.4, 0.5) is 0 Å². The van der Waals surface area contributed by atoms with Crippen molar-refractivity contribution in [3.8, 4) is 0 Å². The van der Waals surface area contributed by atoms with Crippen LogP contribution < -0.4 is 0 Å². The molecule has 1 saturated carbocycles. The highest BCUT2D eigenvalue weighted by Crippen LogP contribution is 2.27. The van der Waals surface area contributed by atoms with Gasteiger partial charge >= 0.3 is 0 Å². The molecular formula is C10H20ClN. The van der Waals surface area contributed by atoms with Crippen LogP contribution in [0.1, 0.15) is 39.0 Å². The summed E-state index contributed by atoms with van der Waals surface area (Å²) in [5.74, 6) is 0.815. The van der Waals surface area contributed by atoms with Crippen molar-refractivity contribution in [3.05, 3.63) is 0 Å². The Bertz CT molecular complexity index is 104. The summed E-state index contributed by atoms with van der Waals surface area (Å²) in [4.78, 5) is 2.62. The minimum atomic E-state index is 0.815. The molecule has 0 saturated heterocycles. The van der Waals surface area contributed by atoms with Crippen molar-refractivity contribution in [3.63, 3.8) is 0 Å². The maximum absolute atomic E-state index is 5.68. The summed E-state index contributed by atoms with van der Waals surface area (Å²) in [6.07, 6.45) is 6.66. The average Bonchev–Trinajstić information content (AvgIpc) is 2.88. The molecule has 2 heteroatoms. The first-order valence-electron chi connectivity index (χ1n) is 5.18. The van der Waals surface area contributed by atoms with Crippen molar-refractivity contribution in [1.29, 1.82) is 0 Å². The first-order chi connectivity index (χ1) is 5.88. The van der Waals surface area contributed by atoms with E-state index in [1.54, 1.807) is 0 Å². The van der Waals surface area contributed by atoms with Crippen LogP contribution in [0, 0.1) is 0 Å². The van der Waals surface area contributed by atoms with Gasteiger partial charge in [0, 0.05) is 11.9 Å². The Hall–Kier alpha value is 0.250. The van der Waals surface area contributed by atoms with Crippen LogP contribution in [0.15, 0.2) is 0 Å². The molecule has 0 aromatic heterocycles. The van der Waals surface area contributed by atoms with Crippen molar-refractivity contribution >= 4 is 11.6 Å². The maximum atomic E-state index is 5.68. The lowest BCUT2D eigenvalue weighted by molar-refractivity contribution is 0.260. The smallest absolute Gasteiger partial charge is 0.0235 e. The Balaban J connectivity index is 2.09. The number of unbranched alkanes of at least 4 members (excludes halogenated alkanes) is 1. The summed E-state index contributed by atoms with van der Waals surface area (Å²) in [6, 6.07) is 0.916. The van der Waals surface area contributed by atoms with Gasteiger partial charge in [-0.1, -0.05) is 13.3 Å². The Morgan fingerprint density at radius 2 is 1.92 bits per heavy atom. The number of rotatable bonds is 7. The molecule has 0 aliphatic heterocycles. The van der Waals surface area contributed by atoms with E-state index in [9.17, 15) is 0 Å². The first-order valence-corrected chi connectivity index (χ1v) is 5.72. The fourth-order valence-corrected chi connectivity index (χ4v) is 1.66. The van der Waals surface area contributed by atoms with E-state index < -0.39 is 0 Å². The summed E-state index contributed by atoms with van der Waals surface area (Å²) in [5.41, 5.74) is 0. The van der Waals surface area contributed by atoms with Crippen molar-refractivity contribution in [1.82, 2.24) is 4.90 Å². The summed E-state index contributed by atoms with van der Waals surface area (Å²) < 4.78 is 0. The molecule has 0 N–H and O–H groups in total. The van der Waals surface area contributed by atoms with E-state index in [-0.39, 0.29) is 0 Å².